The molecule has 0 saturated carbocycles. The normalized spacial score (nSPS) is 27.6. The molecule has 3 atom stereocenters. The minimum atomic E-state index is -0.0304. The van der Waals surface area contributed by atoms with Gasteiger partial charge < -0.3 is 18.8 Å². The number of hydrogen-bond acceptors (Lipinski definition) is 4. The summed E-state index contributed by atoms with van der Waals surface area (Å²) in [6, 6.07) is 3.95. The molecule has 142 valence electrons. The molecule has 0 aromatic carbocycles. The van der Waals surface area contributed by atoms with Crippen LogP contribution >= 0.6 is 0 Å². The van der Waals surface area contributed by atoms with Crippen molar-refractivity contribution in [3.8, 4) is 0 Å². The molecule has 7 nitrogen and oxygen atoms in total. The first-order valence-electron chi connectivity index (χ1n) is 9.80. The van der Waals surface area contributed by atoms with Crippen molar-refractivity contribution in [3.05, 3.63) is 42.4 Å². The highest BCUT2D eigenvalue weighted by molar-refractivity contribution is 5.91. The van der Waals surface area contributed by atoms with Gasteiger partial charge in [-0.15, -0.1) is 0 Å². The maximum absolute atomic E-state index is 13.0. The van der Waals surface area contributed by atoms with Gasteiger partial charge in [-0.25, -0.2) is 4.98 Å². The second kappa shape index (κ2) is 6.55. The number of nitrogens with zero attached hydrogens (tertiary/aromatic N) is 4. The lowest BCUT2D eigenvalue weighted by atomic mass is 9.76. The van der Waals surface area contributed by atoms with Gasteiger partial charge in [0.15, 0.2) is 5.76 Å². The number of furan rings is 1. The Morgan fingerprint density at radius 1 is 1.26 bits per heavy atom. The highest BCUT2D eigenvalue weighted by Gasteiger charge is 2.45. The molecule has 5 heterocycles. The standard InChI is InChI=1S/C20H24N4O3/c25-19-3-1-2-17-15-8-14(10-24(17)19)9-23(11-15)20(26)18-5-4-16(27-18)12-22-7-6-21-13-22/h4-7,13-15,17H,1-3,8-12H2. The fourth-order valence-electron chi connectivity index (χ4n) is 5.07. The number of aromatic nitrogens is 2. The summed E-state index contributed by atoms with van der Waals surface area (Å²) < 4.78 is 7.72. The van der Waals surface area contributed by atoms with Crippen LogP contribution in [-0.2, 0) is 11.3 Å². The van der Waals surface area contributed by atoms with Gasteiger partial charge in [0.1, 0.15) is 5.76 Å². The van der Waals surface area contributed by atoms with Crippen LogP contribution in [0.15, 0.2) is 35.3 Å². The average molecular weight is 368 g/mol. The Hall–Kier alpha value is -2.57. The SMILES string of the molecule is O=C(c1ccc(Cn2ccnc2)o1)N1CC2CC(C1)C1CCCC(=O)N1C2. The van der Waals surface area contributed by atoms with Crippen molar-refractivity contribution in [1.82, 2.24) is 19.4 Å². The van der Waals surface area contributed by atoms with E-state index in [2.05, 4.69) is 9.88 Å². The highest BCUT2D eigenvalue weighted by atomic mass is 16.4. The van der Waals surface area contributed by atoms with Crippen LogP contribution in [0.25, 0.3) is 0 Å². The Bertz CT molecular complexity index is 843. The van der Waals surface area contributed by atoms with Crippen molar-refractivity contribution in [1.29, 1.82) is 0 Å². The fraction of sp³-hybridized carbons (Fsp3) is 0.550. The molecule has 0 spiro atoms. The van der Waals surface area contributed by atoms with E-state index in [4.69, 9.17) is 4.42 Å². The third-order valence-electron chi connectivity index (χ3n) is 6.24. The van der Waals surface area contributed by atoms with Crippen molar-refractivity contribution in [2.24, 2.45) is 11.8 Å². The van der Waals surface area contributed by atoms with Gasteiger partial charge in [0.2, 0.25) is 5.91 Å². The maximum Gasteiger partial charge on any atom is 0.289 e. The van der Waals surface area contributed by atoms with Gasteiger partial charge in [-0.1, -0.05) is 0 Å². The summed E-state index contributed by atoms with van der Waals surface area (Å²) in [5, 5.41) is 0. The summed E-state index contributed by atoms with van der Waals surface area (Å²) in [6.07, 6.45) is 9.18. The van der Waals surface area contributed by atoms with Gasteiger partial charge >= 0.3 is 0 Å². The summed E-state index contributed by atoms with van der Waals surface area (Å²) in [6.45, 7) is 2.80. The van der Waals surface area contributed by atoms with Crippen LogP contribution in [0.5, 0.6) is 0 Å². The summed E-state index contributed by atoms with van der Waals surface area (Å²) in [7, 11) is 0. The minimum absolute atomic E-state index is 0.0304. The van der Waals surface area contributed by atoms with E-state index in [0.717, 1.165) is 38.1 Å². The van der Waals surface area contributed by atoms with E-state index in [0.29, 0.717) is 49.1 Å². The molecule has 5 rings (SSSR count). The molecule has 2 amide bonds. The highest BCUT2D eigenvalue weighted by Crippen LogP contribution is 2.38. The largest absolute Gasteiger partial charge is 0.454 e. The number of carbonyl (C=O) groups is 2. The van der Waals surface area contributed by atoms with Crippen LogP contribution in [0.1, 0.15) is 42.0 Å². The molecule has 2 aromatic rings. The van der Waals surface area contributed by atoms with E-state index in [1.807, 2.05) is 21.7 Å². The van der Waals surface area contributed by atoms with E-state index >= 15 is 0 Å². The molecule has 7 heteroatoms. The smallest absolute Gasteiger partial charge is 0.289 e. The molecule has 3 saturated heterocycles. The number of fused-ring (bicyclic) bond motifs is 4. The first-order chi connectivity index (χ1) is 13.2. The molecule has 0 aliphatic carbocycles. The number of amides is 2. The number of carbonyl (C=O) groups excluding carboxylic acids is 2. The minimum Gasteiger partial charge on any atom is -0.454 e. The van der Waals surface area contributed by atoms with Crippen molar-refractivity contribution in [3.63, 3.8) is 0 Å². The Balaban J connectivity index is 1.29. The first-order valence-corrected chi connectivity index (χ1v) is 9.80. The Labute approximate surface area is 157 Å². The quantitative estimate of drug-likeness (QED) is 0.831. The lowest BCUT2D eigenvalue weighted by molar-refractivity contribution is -0.144. The molecule has 2 bridgehead atoms. The summed E-state index contributed by atoms with van der Waals surface area (Å²) in [5.74, 6) is 2.20. The predicted molar refractivity (Wildman–Crippen MR) is 96.9 cm³/mol. The lowest BCUT2D eigenvalue weighted by Crippen LogP contribution is -2.61. The molecule has 3 fully saturated rings. The summed E-state index contributed by atoms with van der Waals surface area (Å²) in [5.41, 5.74) is 0. The van der Waals surface area contributed by atoms with Crippen molar-refractivity contribution >= 4 is 11.8 Å². The van der Waals surface area contributed by atoms with Crippen LogP contribution in [0.3, 0.4) is 0 Å². The zero-order chi connectivity index (χ0) is 18.4. The fourth-order valence-corrected chi connectivity index (χ4v) is 5.07. The molecule has 0 radical (unpaired) electrons. The molecular formula is C20H24N4O3. The van der Waals surface area contributed by atoms with E-state index in [1.165, 1.54) is 0 Å². The Morgan fingerprint density at radius 3 is 3.04 bits per heavy atom. The maximum atomic E-state index is 13.0. The molecule has 27 heavy (non-hydrogen) atoms. The Morgan fingerprint density at radius 2 is 2.19 bits per heavy atom. The average Bonchev–Trinajstić information content (AvgIpc) is 3.34. The van der Waals surface area contributed by atoms with Crippen LogP contribution in [0.2, 0.25) is 0 Å². The first kappa shape index (κ1) is 16.6. The zero-order valence-electron chi connectivity index (χ0n) is 15.3. The zero-order valence-corrected chi connectivity index (χ0v) is 15.3. The molecule has 3 aliphatic rings. The monoisotopic (exact) mass is 368 g/mol. The number of likely N-dealkylation sites (tertiary alicyclic amines) is 1. The van der Waals surface area contributed by atoms with Gasteiger partial charge in [0, 0.05) is 44.5 Å². The van der Waals surface area contributed by atoms with Crippen molar-refractivity contribution < 1.29 is 14.0 Å². The third-order valence-corrected chi connectivity index (χ3v) is 6.24. The summed E-state index contributed by atoms with van der Waals surface area (Å²) >= 11 is 0. The van der Waals surface area contributed by atoms with E-state index in [9.17, 15) is 9.59 Å². The Kier molecular flexibility index (Phi) is 4.02. The second-order valence-corrected chi connectivity index (χ2v) is 8.08. The third kappa shape index (κ3) is 3.05. The number of hydrogen-bond donors (Lipinski definition) is 0. The van der Waals surface area contributed by atoms with E-state index in [1.54, 1.807) is 18.6 Å². The number of rotatable bonds is 3. The van der Waals surface area contributed by atoms with E-state index < -0.39 is 0 Å². The molecular weight excluding hydrogens is 344 g/mol. The molecule has 0 N–H and O–H groups in total. The molecule has 3 aliphatic heterocycles. The predicted octanol–water partition coefficient (Wildman–Crippen LogP) is 2.00. The number of imidazole rings is 1. The van der Waals surface area contributed by atoms with Crippen molar-refractivity contribution in [2.75, 3.05) is 19.6 Å². The summed E-state index contributed by atoms with van der Waals surface area (Å²) in [4.78, 5) is 33.3. The van der Waals surface area contributed by atoms with Gasteiger partial charge in [0.05, 0.1) is 12.9 Å². The van der Waals surface area contributed by atoms with E-state index in [-0.39, 0.29) is 5.91 Å². The van der Waals surface area contributed by atoms with Gasteiger partial charge in [0.25, 0.3) is 5.91 Å². The van der Waals surface area contributed by atoms with Crippen LogP contribution in [0.4, 0.5) is 0 Å². The second-order valence-electron chi connectivity index (χ2n) is 8.08. The van der Waals surface area contributed by atoms with Gasteiger partial charge in [-0.05, 0) is 43.2 Å². The topological polar surface area (TPSA) is 71.6 Å². The van der Waals surface area contributed by atoms with Crippen LogP contribution < -0.4 is 0 Å². The lowest BCUT2D eigenvalue weighted by Gasteiger charge is -2.52. The van der Waals surface area contributed by atoms with Crippen molar-refractivity contribution in [2.45, 2.75) is 38.3 Å². The molecule has 2 aromatic heterocycles. The number of piperidine rings is 3. The van der Waals surface area contributed by atoms with Gasteiger partial charge in [-0.3, -0.25) is 9.59 Å². The molecule has 3 unspecified atom stereocenters. The van der Waals surface area contributed by atoms with Crippen LogP contribution in [-0.4, -0.2) is 56.8 Å². The van der Waals surface area contributed by atoms with Crippen LogP contribution in [0, 0.1) is 11.8 Å². The van der Waals surface area contributed by atoms with Gasteiger partial charge in [-0.2, -0.15) is 0 Å².